The van der Waals surface area contributed by atoms with Gasteiger partial charge >= 0.3 is 0 Å². The molecule has 0 bridgehead atoms. The van der Waals surface area contributed by atoms with E-state index >= 15 is 0 Å². The van der Waals surface area contributed by atoms with Gasteiger partial charge in [-0.15, -0.1) is 0 Å². The zero-order valence-corrected chi connectivity index (χ0v) is 15.4. The zero-order chi connectivity index (χ0) is 18.4. The minimum atomic E-state index is -0.203. The van der Waals surface area contributed by atoms with Crippen LogP contribution < -0.4 is 5.32 Å². The molecule has 0 unspecified atom stereocenters. The Morgan fingerprint density at radius 2 is 2.04 bits per heavy atom. The highest BCUT2D eigenvalue weighted by atomic mass is 16.5. The third-order valence-electron chi connectivity index (χ3n) is 5.28. The summed E-state index contributed by atoms with van der Waals surface area (Å²) < 4.78 is 10.2. The Kier molecular flexibility index (Phi) is 6.60. The summed E-state index contributed by atoms with van der Waals surface area (Å²) in [6, 6.07) is 0. The number of piperidine rings is 1. The maximum Gasteiger partial charge on any atom is 0.248 e. The third-order valence-corrected chi connectivity index (χ3v) is 5.28. The molecule has 1 aromatic heterocycles. The van der Waals surface area contributed by atoms with Crippen LogP contribution in [0.25, 0.3) is 0 Å². The third kappa shape index (κ3) is 4.81. The molecule has 2 amide bonds. The molecule has 1 N–H and O–H groups in total. The maximum absolute atomic E-state index is 12.4. The summed E-state index contributed by atoms with van der Waals surface area (Å²) >= 11 is 0. The molecule has 0 aromatic carbocycles. The van der Waals surface area contributed by atoms with E-state index in [2.05, 4.69) is 15.5 Å². The second-order valence-electron chi connectivity index (χ2n) is 7.21. The fourth-order valence-corrected chi connectivity index (χ4v) is 3.81. The minimum Gasteiger partial charge on any atom is -0.375 e. The molecule has 26 heavy (non-hydrogen) atoms. The summed E-state index contributed by atoms with van der Waals surface area (Å²) in [6.45, 7) is 1.41. The molecule has 1 aromatic rings. The van der Waals surface area contributed by atoms with Crippen LogP contribution in [0.15, 0.2) is 4.52 Å². The van der Waals surface area contributed by atoms with E-state index in [1.807, 2.05) is 0 Å². The van der Waals surface area contributed by atoms with E-state index in [1.54, 1.807) is 4.90 Å². The van der Waals surface area contributed by atoms with Crippen molar-refractivity contribution in [1.29, 1.82) is 0 Å². The summed E-state index contributed by atoms with van der Waals surface area (Å²) in [7, 11) is 1.50. The highest BCUT2D eigenvalue weighted by molar-refractivity contribution is 5.81. The van der Waals surface area contributed by atoms with Crippen molar-refractivity contribution < 1.29 is 18.8 Å². The Morgan fingerprint density at radius 1 is 1.23 bits per heavy atom. The molecule has 0 radical (unpaired) electrons. The number of nitrogens with one attached hydrogen (secondary N) is 1. The van der Waals surface area contributed by atoms with Gasteiger partial charge in [0.1, 0.15) is 6.61 Å². The molecule has 144 valence electrons. The first-order valence-corrected chi connectivity index (χ1v) is 9.54. The topological polar surface area (TPSA) is 97.6 Å². The lowest BCUT2D eigenvalue weighted by atomic mass is 9.89. The molecule has 1 aliphatic heterocycles. The average molecular weight is 364 g/mol. The van der Waals surface area contributed by atoms with E-state index in [-0.39, 0.29) is 30.9 Å². The average Bonchev–Trinajstić information content (AvgIpc) is 3.16. The van der Waals surface area contributed by atoms with Crippen LogP contribution in [0.1, 0.15) is 62.6 Å². The van der Waals surface area contributed by atoms with Gasteiger partial charge in [-0.3, -0.25) is 9.59 Å². The Balaban J connectivity index is 1.47. The molecule has 2 heterocycles. The molecule has 3 rings (SSSR count). The summed E-state index contributed by atoms with van der Waals surface area (Å²) in [4.78, 5) is 30.5. The van der Waals surface area contributed by atoms with Crippen molar-refractivity contribution in [1.82, 2.24) is 20.4 Å². The van der Waals surface area contributed by atoms with Crippen LogP contribution in [0.2, 0.25) is 0 Å². The molecule has 1 aliphatic carbocycles. The summed E-state index contributed by atoms with van der Waals surface area (Å²) in [6.07, 6.45) is 7.52. The number of likely N-dealkylation sites (tertiary alicyclic amines) is 1. The van der Waals surface area contributed by atoms with Gasteiger partial charge < -0.3 is 19.5 Å². The lowest BCUT2D eigenvalue weighted by molar-refractivity contribution is -0.139. The van der Waals surface area contributed by atoms with Gasteiger partial charge in [0.25, 0.3) is 0 Å². The number of carbonyl (C=O) groups excluding carboxylic acids is 2. The summed E-state index contributed by atoms with van der Waals surface area (Å²) in [5, 5.41) is 6.95. The molecule has 8 heteroatoms. The molecule has 1 saturated carbocycles. The van der Waals surface area contributed by atoms with Crippen molar-refractivity contribution in [2.24, 2.45) is 5.92 Å². The van der Waals surface area contributed by atoms with Gasteiger partial charge in [-0.1, -0.05) is 24.4 Å². The van der Waals surface area contributed by atoms with Gasteiger partial charge in [0.05, 0.1) is 12.5 Å². The highest BCUT2D eigenvalue weighted by Crippen LogP contribution is 2.30. The Bertz CT molecular complexity index is 612. The van der Waals surface area contributed by atoms with E-state index in [9.17, 15) is 9.59 Å². The van der Waals surface area contributed by atoms with Crippen molar-refractivity contribution in [2.45, 2.75) is 57.4 Å². The van der Waals surface area contributed by atoms with Crippen LogP contribution in [-0.4, -0.2) is 53.7 Å². The monoisotopic (exact) mass is 364 g/mol. The van der Waals surface area contributed by atoms with Crippen molar-refractivity contribution in [3.63, 3.8) is 0 Å². The smallest absolute Gasteiger partial charge is 0.248 e. The van der Waals surface area contributed by atoms with Crippen LogP contribution in [0.3, 0.4) is 0 Å². The van der Waals surface area contributed by atoms with Gasteiger partial charge in [-0.2, -0.15) is 4.98 Å². The first-order valence-electron chi connectivity index (χ1n) is 9.54. The number of hydrogen-bond acceptors (Lipinski definition) is 6. The van der Waals surface area contributed by atoms with Crippen LogP contribution in [0, 0.1) is 5.92 Å². The van der Waals surface area contributed by atoms with Gasteiger partial charge in [0.2, 0.25) is 17.7 Å². The number of rotatable bonds is 6. The van der Waals surface area contributed by atoms with E-state index < -0.39 is 0 Å². The van der Waals surface area contributed by atoms with Gasteiger partial charge in [0, 0.05) is 26.1 Å². The van der Waals surface area contributed by atoms with Crippen molar-refractivity contribution >= 4 is 11.8 Å². The molecule has 0 spiro atoms. The first kappa shape index (κ1) is 18.8. The molecule has 1 saturated heterocycles. The van der Waals surface area contributed by atoms with E-state index in [0.29, 0.717) is 24.9 Å². The number of methoxy groups -OCH3 is 1. The molecular formula is C18H28N4O4. The number of aromatic nitrogens is 2. The number of nitrogens with zero attached hydrogens (tertiary/aromatic N) is 3. The first-order chi connectivity index (χ1) is 12.7. The van der Waals surface area contributed by atoms with Crippen LogP contribution in [-0.2, 0) is 20.9 Å². The standard InChI is InChI=1S/C18H28N4O4/c1-25-12-16(23)22-9-5-8-14(11-22)18(24)19-10-15-20-17(21-26-15)13-6-3-2-4-7-13/h13-14H,2-12H2,1H3,(H,19,24)/t14-/m0/s1. The number of ether oxygens (including phenoxy) is 1. The largest absolute Gasteiger partial charge is 0.375 e. The molecule has 2 fully saturated rings. The SMILES string of the molecule is COCC(=O)N1CCC[C@H](C(=O)NCc2nc(C3CCCCC3)no2)C1. The number of carbonyl (C=O) groups is 2. The van der Waals surface area contributed by atoms with E-state index in [0.717, 1.165) is 31.5 Å². The Morgan fingerprint density at radius 3 is 2.81 bits per heavy atom. The maximum atomic E-state index is 12.4. The molecular weight excluding hydrogens is 336 g/mol. The lowest BCUT2D eigenvalue weighted by Crippen LogP contribution is -2.46. The normalized spacial score (nSPS) is 21.6. The van der Waals surface area contributed by atoms with Crippen LogP contribution >= 0.6 is 0 Å². The Labute approximate surface area is 153 Å². The number of amides is 2. The summed E-state index contributed by atoms with van der Waals surface area (Å²) in [5.74, 6) is 1.25. The van der Waals surface area contributed by atoms with Gasteiger partial charge in [-0.25, -0.2) is 0 Å². The van der Waals surface area contributed by atoms with Gasteiger partial charge in [0.15, 0.2) is 5.82 Å². The number of hydrogen-bond donors (Lipinski definition) is 1. The summed E-state index contributed by atoms with van der Waals surface area (Å²) in [5.41, 5.74) is 0. The predicted molar refractivity (Wildman–Crippen MR) is 93.2 cm³/mol. The van der Waals surface area contributed by atoms with E-state index in [1.165, 1.54) is 26.4 Å². The van der Waals surface area contributed by atoms with Crippen molar-refractivity contribution in [3.8, 4) is 0 Å². The fourth-order valence-electron chi connectivity index (χ4n) is 3.81. The second-order valence-corrected chi connectivity index (χ2v) is 7.21. The fraction of sp³-hybridized carbons (Fsp3) is 0.778. The predicted octanol–water partition coefficient (Wildman–Crippen LogP) is 1.62. The van der Waals surface area contributed by atoms with E-state index in [4.69, 9.17) is 9.26 Å². The quantitative estimate of drug-likeness (QED) is 0.824. The molecule has 2 aliphatic rings. The highest BCUT2D eigenvalue weighted by Gasteiger charge is 2.28. The lowest BCUT2D eigenvalue weighted by Gasteiger charge is -2.31. The zero-order valence-electron chi connectivity index (χ0n) is 15.4. The van der Waals surface area contributed by atoms with Crippen LogP contribution in [0.4, 0.5) is 0 Å². The van der Waals surface area contributed by atoms with Crippen molar-refractivity contribution in [3.05, 3.63) is 11.7 Å². The molecule has 1 atom stereocenters. The van der Waals surface area contributed by atoms with Crippen molar-refractivity contribution in [2.75, 3.05) is 26.8 Å². The Hall–Kier alpha value is -1.96. The minimum absolute atomic E-state index is 0.0558. The second kappa shape index (κ2) is 9.12. The van der Waals surface area contributed by atoms with Gasteiger partial charge in [-0.05, 0) is 25.7 Å². The van der Waals surface area contributed by atoms with Crippen LogP contribution in [0.5, 0.6) is 0 Å². The molecule has 8 nitrogen and oxygen atoms in total.